The summed E-state index contributed by atoms with van der Waals surface area (Å²) in [5.41, 5.74) is 2.74. The molecule has 9 heteroatoms. The summed E-state index contributed by atoms with van der Waals surface area (Å²) < 4.78 is 14.1. The summed E-state index contributed by atoms with van der Waals surface area (Å²) in [6.07, 6.45) is 0. The molecule has 28 heavy (non-hydrogen) atoms. The minimum absolute atomic E-state index is 0.489. The molecular weight excluding hydrogens is 464 g/mol. The highest BCUT2D eigenvalue weighted by Gasteiger charge is 2.15. The van der Waals surface area contributed by atoms with Gasteiger partial charge in [-0.25, -0.2) is 4.98 Å². The van der Waals surface area contributed by atoms with Gasteiger partial charge in [0.15, 0.2) is 5.16 Å². The first kappa shape index (κ1) is 19.4. The molecule has 0 aliphatic heterocycles. The van der Waals surface area contributed by atoms with Crippen LogP contribution in [0.1, 0.15) is 5.89 Å². The zero-order valence-corrected chi connectivity index (χ0v) is 18.1. The van der Waals surface area contributed by atoms with Crippen molar-refractivity contribution in [1.29, 1.82) is 0 Å². The Morgan fingerprint density at radius 1 is 1.21 bits per heavy atom. The molecule has 0 saturated heterocycles. The molecule has 2 aromatic carbocycles. The first-order chi connectivity index (χ1) is 13.7. The zero-order valence-electron chi connectivity index (χ0n) is 14.9. The molecule has 0 fully saturated rings. The van der Waals surface area contributed by atoms with E-state index < -0.39 is 0 Å². The number of hydrogen-bond acceptors (Lipinski definition) is 6. The average molecular weight is 480 g/mol. The highest BCUT2D eigenvalue weighted by atomic mass is 79.9. The largest absolute Gasteiger partial charge is 0.420 e. The van der Waals surface area contributed by atoms with Crippen LogP contribution < -0.4 is 0 Å². The third-order valence-corrected chi connectivity index (χ3v) is 5.98. The molecule has 0 radical (unpaired) electrons. The summed E-state index contributed by atoms with van der Waals surface area (Å²) in [5, 5.41) is 9.85. The molecule has 0 aliphatic carbocycles. The van der Waals surface area contributed by atoms with Gasteiger partial charge in [-0.05, 0) is 46.3 Å². The predicted molar refractivity (Wildman–Crippen MR) is 114 cm³/mol. The first-order valence-corrected chi connectivity index (χ1v) is 10.7. The summed E-state index contributed by atoms with van der Waals surface area (Å²) in [4.78, 5) is 4.71. The molecule has 0 bridgehead atoms. The standard InChI is InChI=1S/C19H16BrClN4O2S/c1-26-9-8-25-16-7-6-12(21)10-15(16)22-19(25)28-11-17-23-24-18(27-17)13-4-2-3-5-14(13)20/h2-7,10H,8-9,11H2,1H3. The van der Waals surface area contributed by atoms with E-state index in [1.807, 2.05) is 42.5 Å². The lowest BCUT2D eigenvalue weighted by molar-refractivity contribution is 0.186. The van der Waals surface area contributed by atoms with Crippen LogP contribution in [0.5, 0.6) is 0 Å². The maximum absolute atomic E-state index is 6.11. The van der Waals surface area contributed by atoms with Crippen LogP contribution in [0.4, 0.5) is 0 Å². The number of rotatable bonds is 7. The van der Waals surface area contributed by atoms with Crippen molar-refractivity contribution in [3.8, 4) is 11.5 Å². The molecular formula is C19H16BrClN4O2S. The average Bonchev–Trinajstić information content (AvgIpc) is 3.29. The SMILES string of the molecule is COCCn1c(SCc2nnc(-c3ccccc3Br)o2)nc2cc(Cl)ccc21. The smallest absolute Gasteiger partial charge is 0.248 e. The van der Waals surface area contributed by atoms with Crippen LogP contribution in [0.25, 0.3) is 22.5 Å². The topological polar surface area (TPSA) is 66.0 Å². The van der Waals surface area contributed by atoms with Gasteiger partial charge in [0.05, 0.1) is 29.0 Å². The Kier molecular flexibility index (Phi) is 6.01. The van der Waals surface area contributed by atoms with Gasteiger partial charge in [0.1, 0.15) is 0 Å². The van der Waals surface area contributed by atoms with Crippen molar-refractivity contribution in [2.45, 2.75) is 17.5 Å². The molecule has 0 aliphatic rings. The van der Waals surface area contributed by atoms with E-state index in [0.717, 1.165) is 26.2 Å². The molecule has 6 nitrogen and oxygen atoms in total. The molecule has 4 aromatic rings. The van der Waals surface area contributed by atoms with E-state index in [1.54, 1.807) is 18.9 Å². The molecule has 0 atom stereocenters. The summed E-state index contributed by atoms with van der Waals surface area (Å²) in [7, 11) is 1.69. The second kappa shape index (κ2) is 8.65. The van der Waals surface area contributed by atoms with Crippen molar-refractivity contribution >= 4 is 50.3 Å². The second-order valence-electron chi connectivity index (χ2n) is 5.94. The lowest BCUT2D eigenvalue weighted by atomic mass is 10.2. The highest BCUT2D eigenvalue weighted by molar-refractivity contribution is 9.10. The Hall–Kier alpha value is -1.87. The Labute approximate surface area is 179 Å². The van der Waals surface area contributed by atoms with Crippen molar-refractivity contribution < 1.29 is 9.15 Å². The van der Waals surface area contributed by atoms with Crippen LogP contribution in [0.15, 0.2) is 56.5 Å². The van der Waals surface area contributed by atoms with Gasteiger partial charge in [0.2, 0.25) is 11.8 Å². The minimum atomic E-state index is 0.489. The third kappa shape index (κ3) is 4.10. The van der Waals surface area contributed by atoms with Gasteiger partial charge in [-0.15, -0.1) is 10.2 Å². The molecule has 0 amide bonds. The predicted octanol–water partition coefficient (Wildman–Crippen LogP) is 5.44. The number of imidazole rings is 1. The van der Waals surface area contributed by atoms with Crippen LogP contribution in [0, 0.1) is 0 Å². The normalized spacial score (nSPS) is 11.4. The quantitative estimate of drug-likeness (QED) is 0.329. The number of fused-ring (bicyclic) bond motifs is 1. The number of aromatic nitrogens is 4. The van der Waals surface area contributed by atoms with E-state index in [4.69, 9.17) is 25.7 Å². The number of benzene rings is 2. The zero-order chi connectivity index (χ0) is 19.5. The maximum atomic E-state index is 6.11. The number of hydrogen-bond donors (Lipinski definition) is 0. The number of ether oxygens (including phenoxy) is 1. The van der Waals surface area contributed by atoms with E-state index in [0.29, 0.717) is 35.7 Å². The van der Waals surface area contributed by atoms with E-state index in [-0.39, 0.29) is 0 Å². The van der Waals surface area contributed by atoms with Crippen molar-refractivity contribution in [1.82, 2.24) is 19.7 Å². The fraction of sp³-hybridized carbons (Fsp3) is 0.211. The fourth-order valence-corrected chi connectivity index (χ4v) is 4.27. The minimum Gasteiger partial charge on any atom is -0.420 e. The van der Waals surface area contributed by atoms with Crippen LogP contribution in [-0.2, 0) is 17.0 Å². The van der Waals surface area contributed by atoms with Gasteiger partial charge >= 0.3 is 0 Å². The van der Waals surface area contributed by atoms with Gasteiger partial charge in [0, 0.05) is 23.1 Å². The number of halogens is 2. The van der Waals surface area contributed by atoms with Gasteiger partial charge in [-0.3, -0.25) is 0 Å². The van der Waals surface area contributed by atoms with Gasteiger partial charge in [-0.2, -0.15) is 0 Å². The van der Waals surface area contributed by atoms with E-state index >= 15 is 0 Å². The number of methoxy groups -OCH3 is 1. The van der Waals surface area contributed by atoms with Crippen molar-refractivity contribution in [3.05, 3.63) is 57.9 Å². The van der Waals surface area contributed by atoms with Gasteiger partial charge in [-0.1, -0.05) is 35.5 Å². The lowest BCUT2D eigenvalue weighted by Gasteiger charge is -2.07. The third-order valence-electron chi connectivity index (χ3n) is 4.09. The number of thioether (sulfide) groups is 1. The van der Waals surface area contributed by atoms with Crippen molar-refractivity contribution in [3.63, 3.8) is 0 Å². The molecule has 2 aromatic heterocycles. The summed E-state index contributed by atoms with van der Waals surface area (Å²) in [6, 6.07) is 13.5. The summed E-state index contributed by atoms with van der Waals surface area (Å²) in [5.74, 6) is 1.54. The summed E-state index contributed by atoms with van der Waals surface area (Å²) in [6.45, 7) is 1.29. The van der Waals surface area contributed by atoms with Gasteiger partial charge < -0.3 is 13.7 Å². The van der Waals surface area contributed by atoms with Gasteiger partial charge in [0.25, 0.3) is 0 Å². The monoisotopic (exact) mass is 478 g/mol. The van der Waals surface area contributed by atoms with E-state index in [9.17, 15) is 0 Å². The van der Waals surface area contributed by atoms with Crippen molar-refractivity contribution in [2.75, 3.05) is 13.7 Å². The second-order valence-corrected chi connectivity index (χ2v) is 8.17. The Balaban J connectivity index is 1.56. The number of nitrogens with zero attached hydrogens (tertiary/aromatic N) is 4. The Morgan fingerprint density at radius 3 is 2.89 bits per heavy atom. The Bertz CT molecular complexity index is 1110. The van der Waals surface area contributed by atoms with Crippen LogP contribution in [-0.4, -0.2) is 33.5 Å². The first-order valence-electron chi connectivity index (χ1n) is 8.50. The maximum Gasteiger partial charge on any atom is 0.248 e. The molecule has 2 heterocycles. The fourth-order valence-electron chi connectivity index (χ4n) is 2.77. The molecule has 0 N–H and O–H groups in total. The highest BCUT2D eigenvalue weighted by Crippen LogP contribution is 2.30. The van der Waals surface area contributed by atoms with Crippen molar-refractivity contribution in [2.24, 2.45) is 0 Å². The molecule has 4 rings (SSSR count). The molecule has 0 unspecified atom stereocenters. The van der Waals surface area contributed by atoms with Crippen LogP contribution in [0.3, 0.4) is 0 Å². The molecule has 0 saturated carbocycles. The molecule has 144 valence electrons. The Morgan fingerprint density at radius 2 is 2.07 bits per heavy atom. The van der Waals surface area contributed by atoms with Crippen LogP contribution >= 0.6 is 39.3 Å². The summed E-state index contributed by atoms with van der Waals surface area (Å²) >= 11 is 11.2. The van der Waals surface area contributed by atoms with E-state index in [2.05, 4.69) is 30.7 Å². The molecule has 0 spiro atoms. The lowest BCUT2D eigenvalue weighted by Crippen LogP contribution is -2.05. The van der Waals surface area contributed by atoms with Crippen LogP contribution in [0.2, 0.25) is 5.02 Å². The van der Waals surface area contributed by atoms with E-state index in [1.165, 1.54) is 0 Å².